The number of halogens is 1. The van der Waals surface area contributed by atoms with Crippen LogP contribution in [0.1, 0.15) is 12.8 Å². The van der Waals surface area contributed by atoms with Gasteiger partial charge >= 0.3 is 0 Å². The number of benzene rings is 2. The summed E-state index contributed by atoms with van der Waals surface area (Å²) in [6.45, 7) is 1.33. The summed E-state index contributed by atoms with van der Waals surface area (Å²) < 4.78 is 24.4. The minimum Gasteiger partial charge on any atom is -0.494 e. The van der Waals surface area contributed by atoms with Crippen LogP contribution in [-0.4, -0.2) is 25.7 Å². The van der Waals surface area contributed by atoms with Crippen LogP contribution in [0.4, 0.5) is 10.1 Å². The van der Waals surface area contributed by atoms with Gasteiger partial charge in [0.15, 0.2) is 0 Å². The molecule has 0 aromatic heterocycles. The highest BCUT2D eigenvalue weighted by atomic mass is 19.1. The van der Waals surface area contributed by atoms with Gasteiger partial charge in [0, 0.05) is 12.5 Å². The van der Waals surface area contributed by atoms with Gasteiger partial charge in [0.25, 0.3) is 0 Å². The SMILES string of the molecule is O=C(CCCOc1ccccc1)N1CCOc2ccc(F)cc21. The van der Waals surface area contributed by atoms with Gasteiger partial charge in [-0.25, -0.2) is 4.39 Å². The molecule has 4 nitrogen and oxygen atoms in total. The van der Waals surface area contributed by atoms with Crippen LogP contribution in [-0.2, 0) is 4.79 Å². The highest BCUT2D eigenvalue weighted by molar-refractivity contribution is 5.95. The normalized spacial score (nSPS) is 13.2. The van der Waals surface area contributed by atoms with Crippen LogP contribution in [0.15, 0.2) is 48.5 Å². The van der Waals surface area contributed by atoms with Crippen LogP contribution in [0.5, 0.6) is 11.5 Å². The number of para-hydroxylation sites is 1. The maximum absolute atomic E-state index is 13.4. The van der Waals surface area contributed by atoms with Crippen LogP contribution in [0.3, 0.4) is 0 Å². The number of hydrogen-bond donors (Lipinski definition) is 0. The first-order chi connectivity index (χ1) is 11.2. The largest absolute Gasteiger partial charge is 0.494 e. The van der Waals surface area contributed by atoms with Crippen molar-refractivity contribution in [3.63, 3.8) is 0 Å². The standard InChI is InChI=1S/C18H18FNO3/c19-14-8-9-17-16(13-14)20(10-12-23-17)18(21)7-4-11-22-15-5-2-1-3-6-15/h1-3,5-6,8-9,13H,4,7,10-12H2. The minimum absolute atomic E-state index is 0.0446. The molecule has 2 aromatic rings. The summed E-state index contributed by atoms with van der Waals surface area (Å²) in [6, 6.07) is 13.7. The van der Waals surface area contributed by atoms with Crippen molar-refractivity contribution in [3.05, 3.63) is 54.3 Å². The van der Waals surface area contributed by atoms with Gasteiger partial charge in [0.1, 0.15) is 23.9 Å². The topological polar surface area (TPSA) is 38.8 Å². The van der Waals surface area contributed by atoms with Crippen LogP contribution in [0, 0.1) is 5.82 Å². The number of fused-ring (bicyclic) bond motifs is 1. The van der Waals surface area contributed by atoms with Crippen molar-refractivity contribution in [1.29, 1.82) is 0 Å². The molecule has 0 unspecified atom stereocenters. The highest BCUT2D eigenvalue weighted by Gasteiger charge is 2.23. The summed E-state index contributed by atoms with van der Waals surface area (Å²) in [5.41, 5.74) is 0.505. The molecule has 120 valence electrons. The summed E-state index contributed by atoms with van der Waals surface area (Å²) in [7, 11) is 0. The summed E-state index contributed by atoms with van der Waals surface area (Å²) in [4.78, 5) is 14.0. The third kappa shape index (κ3) is 3.80. The number of nitrogens with zero attached hydrogens (tertiary/aromatic N) is 1. The van der Waals surface area contributed by atoms with Crippen molar-refractivity contribution in [3.8, 4) is 11.5 Å². The maximum Gasteiger partial charge on any atom is 0.227 e. The van der Waals surface area contributed by atoms with E-state index in [9.17, 15) is 9.18 Å². The number of carbonyl (C=O) groups excluding carboxylic acids is 1. The Morgan fingerprint density at radius 2 is 2.04 bits per heavy atom. The van der Waals surface area contributed by atoms with E-state index in [2.05, 4.69) is 0 Å². The lowest BCUT2D eigenvalue weighted by Gasteiger charge is -2.29. The van der Waals surface area contributed by atoms with E-state index in [4.69, 9.17) is 9.47 Å². The Kier molecular flexibility index (Phi) is 4.76. The maximum atomic E-state index is 13.4. The molecule has 1 amide bonds. The van der Waals surface area contributed by atoms with Gasteiger partial charge in [0.05, 0.1) is 18.8 Å². The summed E-state index contributed by atoms with van der Waals surface area (Å²) >= 11 is 0. The van der Waals surface area contributed by atoms with Gasteiger partial charge in [-0.05, 0) is 30.7 Å². The van der Waals surface area contributed by atoms with E-state index in [0.29, 0.717) is 44.0 Å². The molecule has 0 radical (unpaired) electrons. The summed E-state index contributed by atoms with van der Waals surface area (Å²) in [5, 5.41) is 0. The second-order valence-electron chi connectivity index (χ2n) is 5.27. The molecular weight excluding hydrogens is 297 g/mol. The molecule has 0 N–H and O–H groups in total. The monoisotopic (exact) mass is 315 g/mol. The zero-order chi connectivity index (χ0) is 16.1. The molecule has 0 fully saturated rings. The average molecular weight is 315 g/mol. The Bertz CT molecular complexity index is 675. The third-order valence-electron chi connectivity index (χ3n) is 3.63. The molecule has 2 aromatic carbocycles. The van der Waals surface area contributed by atoms with E-state index in [0.717, 1.165) is 5.75 Å². The fourth-order valence-corrected chi connectivity index (χ4v) is 2.51. The second-order valence-corrected chi connectivity index (χ2v) is 5.27. The number of amides is 1. The lowest BCUT2D eigenvalue weighted by atomic mass is 10.2. The van der Waals surface area contributed by atoms with Crippen LogP contribution < -0.4 is 14.4 Å². The van der Waals surface area contributed by atoms with Crippen molar-refractivity contribution in [2.24, 2.45) is 0 Å². The van der Waals surface area contributed by atoms with E-state index >= 15 is 0 Å². The van der Waals surface area contributed by atoms with Crippen molar-refractivity contribution >= 4 is 11.6 Å². The van der Waals surface area contributed by atoms with Crippen molar-refractivity contribution in [2.75, 3.05) is 24.7 Å². The van der Waals surface area contributed by atoms with E-state index in [1.54, 1.807) is 11.0 Å². The fourth-order valence-electron chi connectivity index (χ4n) is 2.51. The van der Waals surface area contributed by atoms with E-state index < -0.39 is 0 Å². The Labute approximate surface area is 134 Å². The lowest BCUT2D eigenvalue weighted by Crippen LogP contribution is -2.38. The van der Waals surface area contributed by atoms with Crippen LogP contribution in [0.2, 0.25) is 0 Å². The number of anilines is 1. The average Bonchev–Trinajstić information content (AvgIpc) is 2.59. The molecule has 0 bridgehead atoms. The first-order valence-electron chi connectivity index (χ1n) is 7.64. The quantitative estimate of drug-likeness (QED) is 0.794. The van der Waals surface area contributed by atoms with Crippen LogP contribution >= 0.6 is 0 Å². The Hall–Kier alpha value is -2.56. The molecule has 0 saturated carbocycles. The number of carbonyl (C=O) groups is 1. The summed E-state index contributed by atoms with van der Waals surface area (Å²) in [6.07, 6.45) is 0.957. The van der Waals surface area contributed by atoms with E-state index in [1.807, 2.05) is 30.3 Å². The molecule has 5 heteroatoms. The molecule has 1 heterocycles. The first-order valence-corrected chi connectivity index (χ1v) is 7.64. The second kappa shape index (κ2) is 7.13. The van der Waals surface area contributed by atoms with Gasteiger partial charge in [-0.15, -0.1) is 0 Å². The summed E-state index contributed by atoms with van der Waals surface area (Å²) in [5.74, 6) is 0.918. The molecule has 0 atom stereocenters. The fraction of sp³-hybridized carbons (Fsp3) is 0.278. The molecule has 1 aliphatic heterocycles. The molecule has 0 aliphatic carbocycles. The first kappa shape index (κ1) is 15.3. The van der Waals surface area contributed by atoms with Gasteiger partial charge in [-0.1, -0.05) is 18.2 Å². The molecule has 23 heavy (non-hydrogen) atoms. The molecule has 0 spiro atoms. The molecule has 3 rings (SSSR count). The Balaban J connectivity index is 1.54. The van der Waals surface area contributed by atoms with Gasteiger partial charge in [-0.3, -0.25) is 4.79 Å². The highest BCUT2D eigenvalue weighted by Crippen LogP contribution is 2.32. The van der Waals surface area contributed by atoms with Gasteiger partial charge in [-0.2, -0.15) is 0 Å². The number of ether oxygens (including phenoxy) is 2. The van der Waals surface area contributed by atoms with E-state index in [1.165, 1.54) is 12.1 Å². The Morgan fingerprint density at radius 1 is 1.22 bits per heavy atom. The lowest BCUT2D eigenvalue weighted by molar-refractivity contribution is -0.119. The van der Waals surface area contributed by atoms with E-state index in [-0.39, 0.29) is 11.7 Å². The third-order valence-corrected chi connectivity index (χ3v) is 3.63. The van der Waals surface area contributed by atoms with Crippen molar-refractivity contribution in [2.45, 2.75) is 12.8 Å². The Morgan fingerprint density at radius 3 is 2.87 bits per heavy atom. The van der Waals surface area contributed by atoms with Crippen molar-refractivity contribution in [1.82, 2.24) is 0 Å². The zero-order valence-electron chi connectivity index (χ0n) is 12.7. The predicted octanol–water partition coefficient (Wildman–Crippen LogP) is 3.41. The minimum atomic E-state index is -0.375. The van der Waals surface area contributed by atoms with Gasteiger partial charge in [0.2, 0.25) is 5.91 Å². The van der Waals surface area contributed by atoms with Crippen LogP contribution in [0.25, 0.3) is 0 Å². The van der Waals surface area contributed by atoms with Gasteiger partial charge < -0.3 is 14.4 Å². The smallest absolute Gasteiger partial charge is 0.227 e. The molecule has 0 saturated heterocycles. The van der Waals surface area contributed by atoms with Crippen molar-refractivity contribution < 1.29 is 18.7 Å². The number of rotatable bonds is 5. The molecule has 1 aliphatic rings. The number of hydrogen-bond acceptors (Lipinski definition) is 3. The predicted molar refractivity (Wildman–Crippen MR) is 85.4 cm³/mol. The molecular formula is C18H18FNO3. The zero-order valence-corrected chi connectivity index (χ0v) is 12.7.